The molecular weight excluding hydrogens is 469 g/mol. The second kappa shape index (κ2) is 12.1. The van der Waals surface area contributed by atoms with Gasteiger partial charge >= 0.3 is 6.09 Å². The summed E-state index contributed by atoms with van der Waals surface area (Å²) in [5, 5.41) is 6.55. The van der Waals surface area contributed by atoms with Crippen molar-refractivity contribution >= 4 is 36.0 Å². The molecule has 0 atom stereocenters. The van der Waals surface area contributed by atoms with Crippen LogP contribution < -0.4 is 10.6 Å². The van der Waals surface area contributed by atoms with Crippen molar-refractivity contribution < 1.29 is 9.53 Å². The summed E-state index contributed by atoms with van der Waals surface area (Å²) in [6.07, 6.45) is 4.47. The summed E-state index contributed by atoms with van der Waals surface area (Å²) < 4.78 is 5.53. The molecule has 158 valence electrons. The molecule has 2 rings (SSSR count). The highest BCUT2D eigenvalue weighted by molar-refractivity contribution is 14.0. The Morgan fingerprint density at radius 3 is 2.64 bits per heavy atom. The van der Waals surface area contributed by atoms with Gasteiger partial charge in [0, 0.05) is 50.5 Å². The minimum atomic E-state index is -0.473. The lowest BCUT2D eigenvalue weighted by atomic mass is 10.2. The standard InChI is InChI=1S/C20H33N5O2.HI/c1-5-21-18(23-13-11-16-8-6-7-12-22-16)24-14-15-25(17-9-10-17)19(26)27-20(2,3)4;/h6-8,12,17H,5,9-11,13-15H2,1-4H3,(H2,21,23,24);1H. The number of rotatable bonds is 8. The highest BCUT2D eigenvalue weighted by Crippen LogP contribution is 2.27. The van der Waals surface area contributed by atoms with Crippen LogP contribution in [0.5, 0.6) is 0 Å². The summed E-state index contributed by atoms with van der Waals surface area (Å²) in [6, 6.07) is 6.21. The normalized spacial score (nSPS) is 14.1. The number of carbonyl (C=O) groups excluding carboxylic acids is 1. The van der Waals surface area contributed by atoms with E-state index in [0.717, 1.165) is 37.5 Å². The molecule has 0 radical (unpaired) electrons. The van der Waals surface area contributed by atoms with Gasteiger partial charge in [-0.3, -0.25) is 9.98 Å². The van der Waals surface area contributed by atoms with Crippen molar-refractivity contribution in [3.8, 4) is 0 Å². The second-order valence-corrected chi connectivity index (χ2v) is 7.66. The topological polar surface area (TPSA) is 78.9 Å². The second-order valence-electron chi connectivity index (χ2n) is 7.66. The maximum Gasteiger partial charge on any atom is 0.410 e. The van der Waals surface area contributed by atoms with Crippen LogP contribution in [0.4, 0.5) is 4.79 Å². The third kappa shape index (κ3) is 9.57. The Morgan fingerprint density at radius 2 is 2.07 bits per heavy atom. The van der Waals surface area contributed by atoms with Crippen molar-refractivity contribution in [3.05, 3.63) is 30.1 Å². The highest BCUT2D eigenvalue weighted by Gasteiger charge is 2.34. The maximum absolute atomic E-state index is 12.4. The van der Waals surface area contributed by atoms with E-state index in [9.17, 15) is 4.79 Å². The Morgan fingerprint density at radius 1 is 1.32 bits per heavy atom. The number of halogens is 1. The lowest BCUT2D eigenvalue weighted by Gasteiger charge is -2.27. The number of pyridine rings is 1. The van der Waals surface area contributed by atoms with E-state index in [4.69, 9.17) is 4.74 Å². The molecule has 1 heterocycles. The van der Waals surface area contributed by atoms with Crippen molar-refractivity contribution in [3.63, 3.8) is 0 Å². The van der Waals surface area contributed by atoms with Gasteiger partial charge in [0.2, 0.25) is 0 Å². The lowest BCUT2D eigenvalue weighted by Crippen LogP contribution is -2.45. The Hall–Kier alpha value is -1.58. The van der Waals surface area contributed by atoms with Gasteiger partial charge in [0.1, 0.15) is 5.60 Å². The van der Waals surface area contributed by atoms with E-state index in [-0.39, 0.29) is 30.1 Å². The van der Waals surface area contributed by atoms with Gasteiger partial charge in [-0.1, -0.05) is 6.07 Å². The van der Waals surface area contributed by atoms with Crippen LogP contribution in [-0.4, -0.2) is 59.8 Å². The SMILES string of the molecule is CCNC(=NCCc1ccccn1)NCCN(C(=O)OC(C)(C)C)C1CC1.I. The number of hydrogen-bond acceptors (Lipinski definition) is 4. The molecule has 1 saturated carbocycles. The van der Waals surface area contributed by atoms with Gasteiger partial charge < -0.3 is 20.3 Å². The van der Waals surface area contributed by atoms with Gasteiger partial charge in [0.25, 0.3) is 0 Å². The van der Waals surface area contributed by atoms with Crippen LogP contribution in [0, 0.1) is 0 Å². The molecule has 0 aromatic carbocycles. The van der Waals surface area contributed by atoms with Gasteiger partial charge in [0.15, 0.2) is 5.96 Å². The van der Waals surface area contributed by atoms with Crippen molar-refractivity contribution in [2.45, 2.75) is 58.6 Å². The molecule has 28 heavy (non-hydrogen) atoms. The van der Waals surface area contributed by atoms with E-state index in [1.54, 1.807) is 6.20 Å². The van der Waals surface area contributed by atoms with Crippen molar-refractivity contribution in [1.29, 1.82) is 0 Å². The van der Waals surface area contributed by atoms with E-state index in [0.29, 0.717) is 25.7 Å². The number of ether oxygens (including phenoxy) is 1. The Labute approximate surface area is 185 Å². The van der Waals surface area contributed by atoms with E-state index >= 15 is 0 Å². The van der Waals surface area contributed by atoms with Crippen molar-refractivity contribution in [2.24, 2.45) is 4.99 Å². The minimum absolute atomic E-state index is 0. The van der Waals surface area contributed by atoms with Crippen LogP contribution in [-0.2, 0) is 11.2 Å². The number of hydrogen-bond donors (Lipinski definition) is 2. The first kappa shape index (κ1) is 24.5. The minimum Gasteiger partial charge on any atom is -0.444 e. The number of aromatic nitrogens is 1. The summed E-state index contributed by atoms with van der Waals surface area (Å²) in [5.41, 5.74) is 0.557. The molecule has 2 N–H and O–H groups in total. The van der Waals surface area contributed by atoms with E-state index in [1.807, 2.05) is 50.8 Å². The van der Waals surface area contributed by atoms with E-state index < -0.39 is 5.60 Å². The molecule has 0 spiro atoms. The Balaban J connectivity index is 0.00000392. The predicted molar refractivity (Wildman–Crippen MR) is 123 cm³/mol. The van der Waals surface area contributed by atoms with Crippen molar-refractivity contribution in [1.82, 2.24) is 20.5 Å². The van der Waals surface area contributed by atoms with Crippen LogP contribution in [0.3, 0.4) is 0 Å². The number of carbonyl (C=O) groups is 1. The number of nitrogens with zero attached hydrogens (tertiary/aromatic N) is 3. The van der Waals surface area contributed by atoms with Crippen molar-refractivity contribution in [2.75, 3.05) is 26.2 Å². The van der Waals surface area contributed by atoms with Crippen LogP contribution in [0.2, 0.25) is 0 Å². The fourth-order valence-corrected chi connectivity index (χ4v) is 2.59. The average Bonchev–Trinajstić information content (AvgIpc) is 3.42. The molecule has 1 aliphatic carbocycles. The number of aliphatic imine (C=N–C) groups is 1. The van der Waals surface area contributed by atoms with Gasteiger partial charge in [-0.15, -0.1) is 24.0 Å². The summed E-state index contributed by atoms with van der Waals surface area (Å²) in [6.45, 7) is 10.4. The van der Waals surface area contributed by atoms with Gasteiger partial charge in [-0.25, -0.2) is 4.79 Å². The maximum atomic E-state index is 12.4. The molecule has 0 bridgehead atoms. The molecule has 0 unspecified atom stereocenters. The molecule has 1 amide bonds. The van der Waals surface area contributed by atoms with Crippen LogP contribution in [0.25, 0.3) is 0 Å². The molecule has 0 saturated heterocycles. The molecular formula is C20H34IN5O2. The first-order valence-electron chi connectivity index (χ1n) is 9.80. The third-order valence-electron chi connectivity index (χ3n) is 3.97. The Bertz CT molecular complexity index is 615. The van der Waals surface area contributed by atoms with Crippen LogP contribution in [0.1, 0.15) is 46.2 Å². The van der Waals surface area contributed by atoms with Gasteiger partial charge in [-0.05, 0) is 52.7 Å². The third-order valence-corrected chi connectivity index (χ3v) is 3.97. The van der Waals surface area contributed by atoms with Crippen LogP contribution in [0.15, 0.2) is 29.4 Å². The molecule has 7 nitrogen and oxygen atoms in total. The highest BCUT2D eigenvalue weighted by atomic mass is 127. The molecule has 1 aliphatic rings. The van der Waals surface area contributed by atoms with E-state index in [2.05, 4.69) is 20.6 Å². The van der Waals surface area contributed by atoms with Gasteiger partial charge in [-0.2, -0.15) is 0 Å². The molecule has 1 aromatic rings. The summed E-state index contributed by atoms with van der Waals surface area (Å²) >= 11 is 0. The number of nitrogens with one attached hydrogen (secondary N) is 2. The smallest absolute Gasteiger partial charge is 0.410 e. The fraction of sp³-hybridized carbons (Fsp3) is 0.650. The monoisotopic (exact) mass is 503 g/mol. The molecule has 1 aromatic heterocycles. The zero-order chi connectivity index (χ0) is 19.7. The quantitative estimate of drug-likeness (QED) is 0.324. The summed E-state index contributed by atoms with van der Waals surface area (Å²) in [7, 11) is 0. The first-order valence-corrected chi connectivity index (χ1v) is 9.80. The Kier molecular flexibility index (Phi) is 10.6. The number of amides is 1. The zero-order valence-corrected chi connectivity index (χ0v) is 19.7. The first-order chi connectivity index (χ1) is 12.9. The lowest BCUT2D eigenvalue weighted by molar-refractivity contribution is 0.0238. The van der Waals surface area contributed by atoms with E-state index in [1.165, 1.54) is 0 Å². The number of guanidine groups is 1. The summed E-state index contributed by atoms with van der Waals surface area (Å²) in [4.78, 5) is 23.1. The largest absolute Gasteiger partial charge is 0.444 e. The average molecular weight is 503 g/mol. The van der Waals surface area contributed by atoms with Crippen LogP contribution >= 0.6 is 24.0 Å². The summed E-state index contributed by atoms with van der Waals surface area (Å²) in [5.74, 6) is 0.758. The fourth-order valence-electron chi connectivity index (χ4n) is 2.59. The molecule has 1 fully saturated rings. The zero-order valence-electron chi connectivity index (χ0n) is 17.4. The molecule has 8 heteroatoms. The molecule has 0 aliphatic heterocycles. The van der Waals surface area contributed by atoms with Gasteiger partial charge in [0.05, 0.1) is 0 Å². The predicted octanol–water partition coefficient (Wildman–Crippen LogP) is 3.20.